The molecule has 166 valence electrons. The van der Waals surface area contributed by atoms with Gasteiger partial charge in [-0.15, -0.1) is 0 Å². The maximum Gasteiger partial charge on any atom is 0.241 e. The van der Waals surface area contributed by atoms with E-state index in [0.29, 0.717) is 12.8 Å². The van der Waals surface area contributed by atoms with Crippen LogP contribution < -0.4 is 9.62 Å². The average molecular weight is 449 g/mol. The highest BCUT2D eigenvalue weighted by Crippen LogP contribution is 2.32. The highest BCUT2D eigenvalue weighted by Gasteiger charge is 2.30. The largest absolute Gasteiger partial charge is 0.309 e. The molecule has 0 unspecified atom stereocenters. The Morgan fingerprint density at radius 3 is 2.38 bits per heavy atom. The minimum absolute atomic E-state index is 0.0949. The highest BCUT2D eigenvalue weighted by molar-refractivity contribution is 7.89. The first-order chi connectivity index (χ1) is 15.3. The van der Waals surface area contributed by atoms with E-state index in [9.17, 15) is 13.2 Å². The highest BCUT2D eigenvalue weighted by atomic mass is 32.2. The van der Waals surface area contributed by atoms with Crippen LogP contribution in [0.3, 0.4) is 0 Å². The van der Waals surface area contributed by atoms with E-state index in [2.05, 4.69) is 17.7 Å². The number of fused-ring (bicyclic) bond motifs is 1. The van der Waals surface area contributed by atoms with Crippen molar-refractivity contribution in [3.05, 3.63) is 95.6 Å². The quantitative estimate of drug-likeness (QED) is 0.573. The zero-order valence-corrected chi connectivity index (χ0v) is 19.2. The van der Waals surface area contributed by atoms with Crippen LogP contribution in [0.4, 0.5) is 5.69 Å². The summed E-state index contributed by atoms with van der Waals surface area (Å²) in [6.07, 6.45) is 1.83. The number of rotatable bonds is 7. The van der Waals surface area contributed by atoms with Crippen molar-refractivity contribution in [2.75, 3.05) is 4.90 Å². The smallest absolute Gasteiger partial charge is 0.241 e. The molecule has 0 fully saturated rings. The van der Waals surface area contributed by atoms with E-state index >= 15 is 0 Å². The van der Waals surface area contributed by atoms with Crippen LogP contribution in [0.25, 0.3) is 0 Å². The molecule has 1 amide bonds. The van der Waals surface area contributed by atoms with Gasteiger partial charge in [-0.1, -0.05) is 60.7 Å². The van der Waals surface area contributed by atoms with Gasteiger partial charge < -0.3 is 4.90 Å². The fraction of sp³-hybridized carbons (Fsp3) is 0.269. The second-order valence-corrected chi connectivity index (χ2v) is 10.1. The maximum absolute atomic E-state index is 12.9. The second kappa shape index (κ2) is 9.27. The minimum Gasteiger partial charge on any atom is -0.309 e. The maximum atomic E-state index is 12.9. The van der Waals surface area contributed by atoms with Gasteiger partial charge in [-0.2, -0.15) is 0 Å². The topological polar surface area (TPSA) is 66.5 Å². The average Bonchev–Trinajstić information content (AvgIpc) is 3.14. The van der Waals surface area contributed by atoms with Crippen LogP contribution >= 0.6 is 0 Å². The van der Waals surface area contributed by atoms with E-state index in [4.69, 9.17) is 0 Å². The summed E-state index contributed by atoms with van der Waals surface area (Å²) in [4.78, 5) is 15.0. The number of sulfonamides is 1. The molecule has 0 aliphatic carbocycles. The molecule has 1 heterocycles. The Morgan fingerprint density at radius 2 is 1.66 bits per heavy atom. The van der Waals surface area contributed by atoms with E-state index in [-0.39, 0.29) is 22.9 Å². The third-order valence-electron chi connectivity index (χ3n) is 5.97. The fourth-order valence-corrected chi connectivity index (χ4v) is 5.50. The number of carbonyl (C=O) groups excluding carboxylic acids is 1. The van der Waals surface area contributed by atoms with Crippen molar-refractivity contribution in [2.45, 2.75) is 50.1 Å². The first kappa shape index (κ1) is 22.2. The molecule has 6 heteroatoms. The Labute approximate surface area is 190 Å². The molecule has 1 aliphatic rings. The van der Waals surface area contributed by atoms with Gasteiger partial charge >= 0.3 is 0 Å². The number of anilines is 1. The summed E-state index contributed by atoms with van der Waals surface area (Å²) >= 11 is 0. The van der Waals surface area contributed by atoms with Crippen molar-refractivity contribution in [2.24, 2.45) is 0 Å². The van der Waals surface area contributed by atoms with Crippen molar-refractivity contribution in [3.8, 4) is 0 Å². The molecule has 1 aliphatic heterocycles. The summed E-state index contributed by atoms with van der Waals surface area (Å²) in [6.45, 7) is 3.89. The van der Waals surface area contributed by atoms with E-state index in [0.717, 1.165) is 23.2 Å². The molecule has 4 rings (SSSR count). The molecule has 0 bridgehead atoms. The van der Waals surface area contributed by atoms with Crippen molar-refractivity contribution in [3.63, 3.8) is 0 Å². The summed E-state index contributed by atoms with van der Waals surface area (Å²) in [5.41, 5.74) is 4.06. The summed E-state index contributed by atoms with van der Waals surface area (Å²) < 4.78 is 28.2. The van der Waals surface area contributed by atoms with Crippen LogP contribution in [0.15, 0.2) is 83.8 Å². The molecule has 0 aromatic heterocycles. The van der Waals surface area contributed by atoms with Crippen molar-refractivity contribution >= 4 is 21.6 Å². The first-order valence-electron chi connectivity index (χ1n) is 10.9. The number of nitrogens with one attached hydrogen (secondary N) is 1. The molecule has 0 spiro atoms. The van der Waals surface area contributed by atoms with Crippen LogP contribution in [0.2, 0.25) is 0 Å². The number of nitrogens with zero attached hydrogens (tertiary/aromatic N) is 1. The molecule has 1 N–H and O–H groups in total. The zero-order chi connectivity index (χ0) is 22.7. The summed E-state index contributed by atoms with van der Waals surface area (Å²) in [5, 5.41) is 0. The van der Waals surface area contributed by atoms with Crippen LogP contribution in [0.1, 0.15) is 43.0 Å². The number of para-hydroxylation sites is 1. The molecule has 2 atom stereocenters. The van der Waals surface area contributed by atoms with E-state index in [1.54, 1.807) is 24.3 Å². The summed E-state index contributed by atoms with van der Waals surface area (Å²) in [6, 6.07) is 24.1. The van der Waals surface area contributed by atoms with Crippen LogP contribution in [0.5, 0.6) is 0 Å². The van der Waals surface area contributed by atoms with Gasteiger partial charge in [-0.3, -0.25) is 4.79 Å². The number of benzene rings is 3. The van der Waals surface area contributed by atoms with Gasteiger partial charge in [0.25, 0.3) is 0 Å². The monoisotopic (exact) mass is 448 g/mol. The molecule has 32 heavy (non-hydrogen) atoms. The van der Waals surface area contributed by atoms with Crippen molar-refractivity contribution < 1.29 is 13.2 Å². The predicted octanol–water partition coefficient (Wildman–Crippen LogP) is 4.64. The molecule has 3 aromatic carbocycles. The summed E-state index contributed by atoms with van der Waals surface area (Å²) in [7, 11) is -3.63. The van der Waals surface area contributed by atoms with Crippen LogP contribution in [-0.2, 0) is 27.7 Å². The minimum atomic E-state index is -3.63. The Balaban J connectivity index is 1.38. The van der Waals surface area contributed by atoms with Gasteiger partial charge in [-0.05, 0) is 61.6 Å². The number of carbonyl (C=O) groups is 1. The van der Waals surface area contributed by atoms with Gasteiger partial charge in [0.1, 0.15) is 0 Å². The van der Waals surface area contributed by atoms with Gasteiger partial charge in [-0.25, -0.2) is 13.1 Å². The third-order valence-corrected chi connectivity index (χ3v) is 7.53. The third kappa shape index (κ3) is 4.76. The lowest BCUT2D eigenvalue weighted by atomic mass is 10.1. The molecule has 3 aromatic rings. The molecule has 5 nitrogen and oxygen atoms in total. The molecular weight excluding hydrogens is 420 g/mol. The fourth-order valence-electron chi connectivity index (χ4n) is 4.26. The number of aryl methyl sites for hydroxylation is 1. The Hall–Kier alpha value is -2.96. The predicted molar refractivity (Wildman–Crippen MR) is 127 cm³/mol. The van der Waals surface area contributed by atoms with Crippen LogP contribution in [0, 0.1) is 0 Å². The van der Waals surface area contributed by atoms with Gasteiger partial charge in [0, 0.05) is 24.2 Å². The normalized spacial score (nSPS) is 16.6. The van der Waals surface area contributed by atoms with Crippen molar-refractivity contribution in [1.82, 2.24) is 4.72 Å². The lowest BCUT2D eigenvalue weighted by Crippen LogP contribution is -2.35. The Kier molecular flexibility index (Phi) is 6.44. The number of hydrogen-bond acceptors (Lipinski definition) is 3. The SMILES string of the molecule is C[C@@H]1Cc2ccccc2N1C(=O)CCc1ccc(S(=O)(=O)N[C@H](C)c2ccccc2)cc1. The van der Waals surface area contributed by atoms with Crippen molar-refractivity contribution in [1.29, 1.82) is 0 Å². The lowest BCUT2D eigenvalue weighted by Gasteiger charge is -2.22. The Morgan fingerprint density at radius 1 is 1.00 bits per heavy atom. The molecule has 0 saturated carbocycles. The Bertz CT molecular complexity index is 1190. The molecular formula is C26H28N2O3S. The molecule has 0 saturated heterocycles. The van der Waals surface area contributed by atoms with Crippen LogP contribution in [-0.4, -0.2) is 20.4 Å². The standard InChI is InChI=1S/C26H28N2O3S/c1-19-18-23-10-6-7-11-25(23)28(19)26(29)17-14-21-12-15-24(16-13-21)32(30,31)27-20(2)22-8-4-3-5-9-22/h3-13,15-16,19-20,27H,14,17-18H2,1-2H3/t19-,20-/m1/s1. The van der Waals surface area contributed by atoms with E-state index in [1.165, 1.54) is 5.56 Å². The molecule has 0 radical (unpaired) electrons. The summed E-state index contributed by atoms with van der Waals surface area (Å²) in [5.74, 6) is 0.0949. The lowest BCUT2D eigenvalue weighted by molar-refractivity contribution is -0.118. The van der Waals surface area contributed by atoms with Gasteiger partial charge in [0.05, 0.1) is 4.90 Å². The van der Waals surface area contributed by atoms with Gasteiger partial charge in [0.15, 0.2) is 0 Å². The number of hydrogen-bond donors (Lipinski definition) is 1. The van der Waals surface area contributed by atoms with Gasteiger partial charge in [0.2, 0.25) is 15.9 Å². The number of amides is 1. The zero-order valence-electron chi connectivity index (χ0n) is 18.4. The van der Waals surface area contributed by atoms with E-state index in [1.807, 2.05) is 60.4 Å². The second-order valence-electron chi connectivity index (χ2n) is 8.34. The first-order valence-corrected chi connectivity index (χ1v) is 12.4. The van der Waals surface area contributed by atoms with E-state index < -0.39 is 10.0 Å².